The van der Waals surface area contributed by atoms with Crippen LogP contribution in [0.3, 0.4) is 0 Å². The van der Waals surface area contributed by atoms with E-state index in [1.54, 1.807) is 16.9 Å². The molecule has 1 amide bonds. The third kappa shape index (κ3) is 5.04. The molecule has 0 unspecified atom stereocenters. The average molecular weight is 305 g/mol. The normalized spacial score (nSPS) is 16.3. The largest absolute Gasteiger partial charge is 0.411 e. The van der Waals surface area contributed by atoms with Crippen molar-refractivity contribution in [3.63, 3.8) is 0 Å². The van der Waals surface area contributed by atoms with Crippen molar-refractivity contribution in [2.45, 2.75) is 44.3 Å². The highest BCUT2D eigenvalue weighted by molar-refractivity contribution is 5.89. The van der Waals surface area contributed by atoms with E-state index >= 15 is 0 Å². The molecule has 1 N–H and O–H groups in total. The minimum Gasteiger partial charge on any atom is -0.372 e. The van der Waals surface area contributed by atoms with Gasteiger partial charge in [-0.3, -0.25) is 4.79 Å². The van der Waals surface area contributed by atoms with Crippen LogP contribution in [0.25, 0.3) is 0 Å². The minimum atomic E-state index is -4.36. The lowest BCUT2D eigenvalue weighted by molar-refractivity contribution is -0.174. The van der Waals surface area contributed by atoms with Crippen LogP contribution in [-0.4, -0.2) is 35.1 Å². The molecular formula is C13H18F3N3O2. The first-order chi connectivity index (χ1) is 9.96. The summed E-state index contributed by atoms with van der Waals surface area (Å²) < 4.78 is 41.8. The first kappa shape index (κ1) is 15.8. The third-order valence-electron chi connectivity index (χ3n) is 3.35. The van der Waals surface area contributed by atoms with E-state index in [-0.39, 0.29) is 25.0 Å². The maximum atomic E-state index is 11.9. The zero-order valence-electron chi connectivity index (χ0n) is 11.5. The number of rotatable bonds is 6. The van der Waals surface area contributed by atoms with Gasteiger partial charge in [0.15, 0.2) is 0 Å². The van der Waals surface area contributed by atoms with E-state index in [9.17, 15) is 18.0 Å². The Labute approximate surface area is 120 Å². The van der Waals surface area contributed by atoms with Gasteiger partial charge in [0, 0.05) is 6.07 Å². The summed E-state index contributed by atoms with van der Waals surface area (Å²) in [6.07, 6.45) is 1.46. The van der Waals surface area contributed by atoms with Crippen LogP contribution < -0.4 is 5.32 Å². The van der Waals surface area contributed by atoms with E-state index in [1.165, 1.54) is 0 Å². The van der Waals surface area contributed by atoms with E-state index < -0.39 is 12.8 Å². The van der Waals surface area contributed by atoms with Crippen molar-refractivity contribution in [2.75, 3.05) is 18.5 Å². The highest BCUT2D eigenvalue weighted by Gasteiger charge is 2.27. The second-order valence-electron chi connectivity index (χ2n) is 5.07. The highest BCUT2D eigenvalue weighted by Crippen LogP contribution is 2.31. The van der Waals surface area contributed by atoms with E-state index in [0.29, 0.717) is 5.82 Å². The van der Waals surface area contributed by atoms with E-state index in [0.717, 1.165) is 25.7 Å². The van der Waals surface area contributed by atoms with Crippen molar-refractivity contribution in [1.29, 1.82) is 0 Å². The number of ether oxygens (including phenoxy) is 1. The number of halogens is 3. The van der Waals surface area contributed by atoms with Crippen molar-refractivity contribution in [2.24, 2.45) is 0 Å². The SMILES string of the molecule is O=C(CCOCC(F)(F)F)Nc1ccnn1C1CCCC1. The third-order valence-corrected chi connectivity index (χ3v) is 3.35. The summed E-state index contributed by atoms with van der Waals surface area (Å²) in [7, 11) is 0. The predicted molar refractivity (Wildman–Crippen MR) is 69.9 cm³/mol. The number of hydrogen-bond donors (Lipinski definition) is 1. The summed E-state index contributed by atoms with van der Waals surface area (Å²) in [5.74, 6) is 0.208. The number of nitrogens with zero attached hydrogens (tertiary/aromatic N) is 2. The standard InChI is InChI=1S/C13H18F3N3O2/c14-13(15,16)9-21-8-6-12(20)18-11-5-7-17-19(11)10-3-1-2-4-10/h5,7,10H,1-4,6,8-9H2,(H,18,20). The Morgan fingerprint density at radius 3 is 2.81 bits per heavy atom. The number of amides is 1. The number of carbonyl (C=O) groups is 1. The number of hydrogen-bond acceptors (Lipinski definition) is 3. The van der Waals surface area contributed by atoms with Crippen LogP contribution in [0.4, 0.5) is 19.0 Å². The summed E-state index contributed by atoms with van der Waals surface area (Å²) in [6.45, 7) is -1.59. The van der Waals surface area contributed by atoms with Crippen molar-refractivity contribution >= 4 is 11.7 Å². The highest BCUT2D eigenvalue weighted by atomic mass is 19.4. The number of alkyl halides is 3. The summed E-state index contributed by atoms with van der Waals surface area (Å²) in [4.78, 5) is 11.7. The molecule has 5 nitrogen and oxygen atoms in total. The van der Waals surface area contributed by atoms with Gasteiger partial charge in [-0.15, -0.1) is 0 Å². The Morgan fingerprint density at radius 1 is 1.43 bits per heavy atom. The zero-order valence-corrected chi connectivity index (χ0v) is 11.5. The maximum absolute atomic E-state index is 11.9. The number of anilines is 1. The molecule has 1 heterocycles. The molecule has 118 valence electrons. The monoisotopic (exact) mass is 305 g/mol. The van der Waals surface area contributed by atoms with Crippen molar-refractivity contribution < 1.29 is 22.7 Å². The Balaban J connectivity index is 1.76. The molecule has 1 aliphatic rings. The van der Waals surface area contributed by atoms with Crippen LogP contribution in [0, 0.1) is 0 Å². The Morgan fingerprint density at radius 2 is 2.14 bits per heavy atom. The summed E-state index contributed by atoms with van der Waals surface area (Å²) in [5, 5.41) is 6.87. The fourth-order valence-corrected chi connectivity index (χ4v) is 2.41. The fourth-order valence-electron chi connectivity index (χ4n) is 2.41. The zero-order chi connectivity index (χ0) is 15.3. The number of aromatic nitrogens is 2. The van der Waals surface area contributed by atoms with Gasteiger partial charge in [-0.1, -0.05) is 12.8 Å². The van der Waals surface area contributed by atoms with Gasteiger partial charge in [-0.05, 0) is 12.8 Å². The van der Waals surface area contributed by atoms with Crippen molar-refractivity contribution in [1.82, 2.24) is 9.78 Å². The van der Waals surface area contributed by atoms with Crippen molar-refractivity contribution in [3.05, 3.63) is 12.3 Å². The van der Waals surface area contributed by atoms with E-state index in [1.807, 2.05) is 0 Å². The molecule has 1 aromatic heterocycles. The molecule has 0 saturated heterocycles. The fraction of sp³-hybridized carbons (Fsp3) is 0.692. The molecule has 0 aliphatic heterocycles. The smallest absolute Gasteiger partial charge is 0.372 e. The molecule has 1 saturated carbocycles. The van der Waals surface area contributed by atoms with Gasteiger partial charge >= 0.3 is 6.18 Å². The maximum Gasteiger partial charge on any atom is 0.411 e. The summed E-state index contributed by atoms with van der Waals surface area (Å²) >= 11 is 0. The molecule has 0 spiro atoms. The molecule has 2 rings (SSSR count). The van der Waals surface area contributed by atoms with Crippen molar-refractivity contribution in [3.8, 4) is 0 Å². The number of carbonyl (C=O) groups excluding carboxylic acids is 1. The molecule has 0 aromatic carbocycles. The van der Waals surface area contributed by atoms with Crippen LogP contribution in [0.1, 0.15) is 38.1 Å². The topological polar surface area (TPSA) is 56.1 Å². The molecule has 1 aromatic rings. The second-order valence-corrected chi connectivity index (χ2v) is 5.07. The Kier molecular flexibility index (Phi) is 5.22. The van der Waals surface area contributed by atoms with Gasteiger partial charge in [0.1, 0.15) is 12.4 Å². The van der Waals surface area contributed by atoms with Gasteiger partial charge in [-0.25, -0.2) is 4.68 Å². The van der Waals surface area contributed by atoms with Gasteiger partial charge in [0.25, 0.3) is 0 Å². The predicted octanol–water partition coefficient (Wildman–Crippen LogP) is 2.91. The molecule has 21 heavy (non-hydrogen) atoms. The van der Waals surface area contributed by atoms with Crippen LogP contribution in [0.2, 0.25) is 0 Å². The molecule has 8 heteroatoms. The van der Waals surface area contributed by atoms with Gasteiger partial charge in [0.05, 0.1) is 25.3 Å². The van der Waals surface area contributed by atoms with Gasteiger partial charge in [0.2, 0.25) is 5.91 Å². The lowest BCUT2D eigenvalue weighted by atomic mass is 10.2. The first-order valence-corrected chi connectivity index (χ1v) is 6.93. The molecule has 1 fully saturated rings. The molecule has 0 bridgehead atoms. The average Bonchev–Trinajstić information content (AvgIpc) is 3.03. The Hall–Kier alpha value is -1.57. The van der Waals surface area contributed by atoms with Gasteiger partial charge < -0.3 is 10.1 Å². The van der Waals surface area contributed by atoms with E-state index in [2.05, 4.69) is 15.2 Å². The number of nitrogens with one attached hydrogen (secondary N) is 1. The summed E-state index contributed by atoms with van der Waals surface area (Å²) in [5.41, 5.74) is 0. The van der Waals surface area contributed by atoms with E-state index in [4.69, 9.17) is 0 Å². The second kappa shape index (κ2) is 6.93. The van der Waals surface area contributed by atoms with Crippen LogP contribution in [0.15, 0.2) is 12.3 Å². The Bertz CT molecular complexity index is 467. The lowest BCUT2D eigenvalue weighted by Gasteiger charge is -2.14. The molecule has 0 atom stereocenters. The summed E-state index contributed by atoms with van der Waals surface area (Å²) in [6, 6.07) is 1.98. The minimum absolute atomic E-state index is 0.119. The molecular weight excluding hydrogens is 287 g/mol. The van der Waals surface area contributed by atoms with Crippen LogP contribution in [-0.2, 0) is 9.53 Å². The lowest BCUT2D eigenvalue weighted by Crippen LogP contribution is -2.21. The van der Waals surface area contributed by atoms with Crippen LogP contribution >= 0.6 is 0 Å². The quantitative estimate of drug-likeness (QED) is 0.822. The molecule has 0 radical (unpaired) electrons. The first-order valence-electron chi connectivity index (χ1n) is 6.93. The molecule has 1 aliphatic carbocycles. The van der Waals surface area contributed by atoms with Gasteiger partial charge in [-0.2, -0.15) is 18.3 Å². The van der Waals surface area contributed by atoms with Crippen LogP contribution in [0.5, 0.6) is 0 Å².